The standard InChI is InChI=1S/C11H14F3N5O4/c1-16(2)9-6(11(12,13)14)5-7(18(20)21)8(15-17(3)4)10(9)19(22)23/h5,15H,1-4H3. The Morgan fingerprint density at radius 1 is 1.09 bits per heavy atom. The van der Waals surface area contributed by atoms with Gasteiger partial charge in [-0.15, -0.1) is 0 Å². The average molecular weight is 337 g/mol. The highest BCUT2D eigenvalue weighted by molar-refractivity contribution is 5.86. The maximum Gasteiger partial charge on any atom is 0.418 e. The largest absolute Gasteiger partial charge is 0.418 e. The first kappa shape index (κ1) is 18.4. The fourth-order valence-corrected chi connectivity index (χ4v) is 1.97. The summed E-state index contributed by atoms with van der Waals surface area (Å²) in [5, 5.41) is 23.5. The van der Waals surface area contributed by atoms with Crippen LogP contribution in [-0.2, 0) is 6.18 Å². The van der Waals surface area contributed by atoms with Crippen LogP contribution in [0.1, 0.15) is 5.56 Å². The van der Waals surface area contributed by atoms with Crippen LogP contribution < -0.4 is 10.3 Å². The Labute approximate surface area is 128 Å². The van der Waals surface area contributed by atoms with Gasteiger partial charge in [-0.25, -0.2) is 5.01 Å². The van der Waals surface area contributed by atoms with Gasteiger partial charge in [0.25, 0.3) is 0 Å². The molecule has 1 aromatic carbocycles. The Kier molecular flexibility index (Phi) is 5.00. The van der Waals surface area contributed by atoms with Gasteiger partial charge in [0.2, 0.25) is 5.69 Å². The molecule has 9 nitrogen and oxygen atoms in total. The fraction of sp³-hybridized carbons (Fsp3) is 0.455. The van der Waals surface area contributed by atoms with Gasteiger partial charge in [-0.3, -0.25) is 20.2 Å². The molecule has 1 rings (SSSR count). The van der Waals surface area contributed by atoms with Gasteiger partial charge in [-0.05, 0) is 0 Å². The minimum absolute atomic E-state index is 0.286. The van der Waals surface area contributed by atoms with Gasteiger partial charge in [0.05, 0.1) is 15.4 Å². The van der Waals surface area contributed by atoms with Crippen LogP contribution in [0.5, 0.6) is 0 Å². The number of alkyl halides is 3. The second-order valence-corrected chi connectivity index (χ2v) is 4.93. The van der Waals surface area contributed by atoms with Crippen LogP contribution in [-0.4, -0.2) is 43.0 Å². The number of nitro groups is 2. The molecule has 0 fully saturated rings. The number of hydrazine groups is 1. The minimum atomic E-state index is -4.99. The van der Waals surface area contributed by atoms with Crippen molar-refractivity contribution in [1.29, 1.82) is 0 Å². The monoisotopic (exact) mass is 337 g/mol. The molecule has 0 bridgehead atoms. The molecule has 12 heteroatoms. The molecule has 0 unspecified atom stereocenters. The van der Waals surface area contributed by atoms with E-state index >= 15 is 0 Å². The van der Waals surface area contributed by atoms with Gasteiger partial charge < -0.3 is 10.3 Å². The van der Waals surface area contributed by atoms with E-state index in [9.17, 15) is 33.4 Å². The van der Waals surface area contributed by atoms with Crippen molar-refractivity contribution in [2.45, 2.75) is 6.18 Å². The van der Waals surface area contributed by atoms with E-state index in [0.29, 0.717) is 0 Å². The summed E-state index contributed by atoms with van der Waals surface area (Å²) in [5.41, 5.74) is -2.57. The number of benzene rings is 1. The predicted molar refractivity (Wildman–Crippen MR) is 76.4 cm³/mol. The first-order valence-electron chi connectivity index (χ1n) is 6.06. The number of rotatable bonds is 5. The van der Waals surface area contributed by atoms with Crippen molar-refractivity contribution < 1.29 is 23.0 Å². The van der Waals surface area contributed by atoms with E-state index in [-0.39, 0.29) is 6.07 Å². The zero-order chi connectivity index (χ0) is 18.1. The van der Waals surface area contributed by atoms with Crippen LogP contribution in [0.25, 0.3) is 0 Å². The Morgan fingerprint density at radius 3 is 1.91 bits per heavy atom. The Bertz CT molecular complexity index is 646. The highest BCUT2D eigenvalue weighted by atomic mass is 19.4. The molecule has 1 N–H and O–H groups in total. The molecular formula is C11H14F3N5O4. The van der Waals surface area contributed by atoms with Crippen molar-refractivity contribution >= 4 is 22.7 Å². The third kappa shape index (κ3) is 3.77. The molecule has 0 atom stereocenters. The lowest BCUT2D eigenvalue weighted by Gasteiger charge is -2.22. The second-order valence-electron chi connectivity index (χ2n) is 4.93. The first-order valence-corrected chi connectivity index (χ1v) is 6.06. The summed E-state index contributed by atoms with van der Waals surface area (Å²) < 4.78 is 39.6. The fourth-order valence-electron chi connectivity index (χ4n) is 1.97. The maximum atomic E-state index is 13.2. The van der Waals surface area contributed by atoms with Crippen LogP contribution in [0.3, 0.4) is 0 Å². The molecule has 0 aromatic heterocycles. The Hall–Kier alpha value is -2.63. The van der Waals surface area contributed by atoms with Crippen molar-refractivity contribution in [2.24, 2.45) is 0 Å². The molecule has 1 aromatic rings. The molecule has 0 radical (unpaired) electrons. The molecule has 0 aliphatic rings. The van der Waals surface area contributed by atoms with E-state index in [0.717, 1.165) is 9.91 Å². The predicted octanol–water partition coefficient (Wildman–Crippen LogP) is 2.48. The maximum absolute atomic E-state index is 13.2. The molecule has 0 aliphatic carbocycles. The highest BCUT2D eigenvalue weighted by Crippen LogP contribution is 2.49. The number of nitro benzene ring substituents is 2. The summed E-state index contributed by atoms with van der Waals surface area (Å²) >= 11 is 0. The van der Waals surface area contributed by atoms with Crippen LogP contribution in [0.2, 0.25) is 0 Å². The number of hydrogen-bond acceptors (Lipinski definition) is 7. The van der Waals surface area contributed by atoms with Crippen LogP contribution in [0.15, 0.2) is 6.07 Å². The summed E-state index contributed by atoms with van der Waals surface area (Å²) in [5.74, 6) is 0. The van der Waals surface area contributed by atoms with Gasteiger partial charge in [-0.1, -0.05) is 0 Å². The van der Waals surface area contributed by atoms with Crippen molar-refractivity contribution in [3.63, 3.8) is 0 Å². The van der Waals surface area contributed by atoms with Gasteiger partial charge in [0, 0.05) is 34.3 Å². The van der Waals surface area contributed by atoms with Gasteiger partial charge in [0.1, 0.15) is 5.69 Å². The molecule has 0 saturated carbocycles. The number of nitrogens with one attached hydrogen (secondary N) is 1. The summed E-state index contributed by atoms with van der Waals surface area (Å²) in [4.78, 5) is 21.1. The van der Waals surface area contributed by atoms with Gasteiger partial charge >= 0.3 is 17.6 Å². The number of anilines is 2. The first-order chi connectivity index (χ1) is 10.4. The zero-order valence-electron chi connectivity index (χ0n) is 12.6. The normalized spacial score (nSPS) is 11.5. The summed E-state index contributed by atoms with van der Waals surface area (Å²) in [6.45, 7) is 0. The molecule has 0 aliphatic heterocycles. The lowest BCUT2D eigenvalue weighted by molar-refractivity contribution is -0.392. The summed E-state index contributed by atoms with van der Waals surface area (Å²) in [6, 6.07) is 0.286. The number of hydrogen-bond donors (Lipinski definition) is 1. The Morgan fingerprint density at radius 2 is 1.61 bits per heavy atom. The molecule has 0 saturated heterocycles. The molecule has 0 spiro atoms. The van der Waals surface area contributed by atoms with E-state index < -0.39 is 44.3 Å². The van der Waals surface area contributed by atoms with Crippen molar-refractivity contribution in [1.82, 2.24) is 5.01 Å². The van der Waals surface area contributed by atoms with Gasteiger partial charge in [0.15, 0.2) is 0 Å². The smallest absolute Gasteiger partial charge is 0.372 e. The van der Waals surface area contributed by atoms with Crippen molar-refractivity contribution in [3.8, 4) is 0 Å². The van der Waals surface area contributed by atoms with E-state index in [2.05, 4.69) is 5.43 Å². The Balaban J connectivity index is 3.99. The molecule has 0 amide bonds. The van der Waals surface area contributed by atoms with Gasteiger partial charge in [-0.2, -0.15) is 13.2 Å². The molecule has 0 heterocycles. The minimum Gasteiger partial charge on any atom is -0.372 e. The topological polar surface area (TPSA) is 105 Å². The molecule has 128 valence electrons. The van der Waals surface area contributed by atoms with Crippen LogP contribution in [0.4, 0.5) is 35.9 Å². The van der Waals surface area contributed by atoms with Crippen molar-refractivity contribution in [3.05, 3.63) is 31.9 Å². The summed E-state index contributed by atoms with van der Waals surface area (Å²) in [7, 11) is 5.15. The summed E-state index contributed by atoms with van der Waals surface area (Å²) in [6.07, 6.45) is -4.99. The SMILES string of the molecule is CN(C)Nc1c([N+](=O)[O-])cc(C(F)(F)F)c(N(C)C)c1[N+](=O)[O-]. The highest BCUT2D eigenvalue weighted by Gasteiger charge is 2.43. The lowest BCUT2D eigenvalue weighted by atomic mass is 10.1. The third-order valence-corrected chi connectivity index (χ3v) is 2.72. The van der Waals surface area contributed by atoms with Crippen LogP contribution in [0, 0.1) is 20.2 Å². The quantitative estimate of drug-likeness (QED) is 0.650. The van der Waals surface area contributed by atoms with Crippen LogP contribution >= 0.6 is 0 Å². The zero-order valence-corrected chi connectivity index (χ0v) is 12.6. The second kappa shape index (κ2) is 6.24. The average Bonchev–Trinajstić information content (AvgIpc) is 2.34. The number of halogens is 3. The third-order valence-electron chi connectivity index (χ3n) is 2.72. The van der Waals surface area contributed by atoms with E-state index in [1.165, 1.54) is 28.2 Å². The lowest BCUT2D eigenvalue weighted by Crippen LogP contribution is -2.24. The molecular weight excluding hydrogens is 323 g/mol. The van der Waals surface area contributed by atoms with E-state index in [1.807, 2.05) is 0 Å². The molecule has 23 heavy (non-hydrogen) atoms. The number of nitrogens with zero attached hydrogens (tertiary/aromatic N) is 4. The van der Waals surface area contributed by atoms with Crippen molar-refractivity contribution in [2.75, 3.05) is 38.5 Å². The van der Waals surface area contributed by atoms with E-state index in [4.69, 9.17) is 0 Å². The van der Waals surface area contributed by atoms with E-state index in [1.54, 1.807) is 0 Å².